The summed E-state index contributed by atoms with van der Waals surface area (Å²) in [6, 6.07) is 11.1. The average molecular weight is 442 g/mol. The van der Waals surface area contributed by atoms with Gasteiger partial charge in [-0.05, 0) is 30.5 Å². The first-order chi connectivity index (χ1) is 14.5. The number of thiazole rings is 1. The summed E-state index contributed by atoms with van der Waals surface area (Å²) in [4.78, 5) is 44.7. The fraction of sp³-hybridized carbons (Fsp3) is 0.238. The molecule has 1 aliphatic rings. The lowest BCUT2D eigenvalue weighted by molar-refractivity contribution is -0.122. The van der Waals surface area contributed by atoms with Crippen LogP contribution in [-0.2, 0) is 14.3 Å². The molecule has 0 aliphatic carbocycles. The van der Waals surface area contributed by atoms with Crippen molar-refractivity contribution in [2.24, 2.45) is 5.92 Å². The third-order valence-corrected chi connectivity index (χ3v) is 6.76. The number of rotatable bonds is 5. The highest BCUT2D eigenvalue weighted by Gasteiger charge is 2.46. The van der Waals surface area contributed by atoms with Gasteiger partial charge in [0.15, 0.2) is 5.13 Å². The number of carbonyl (C=O) groups is 3. The molecular formula is C21H19N3O4S2. The molecule has 0 radical (unpaired) electrons. The Morgan fingerprint density at radius 2 is 2.00 bits per heavy atom. The quantitative estimate of drug-likeness (QED) is 0.604. The van der Waals surface area contributed by atoms with E-state index in [0.717, 1.165) is 27.5 Å². The minimum absolute atomic E-state index is 0.0948. The number of ether oxygens (including phenoxy) is 1. The van der Waals surface area contributed by atoms with E-state index in [-0.39, 0.29) is 18.2 Å². The number of nitrogens with one attached hydrogen (secondary N) is 1. The van der Waals surface area contributed by atoms with Crippen LogP contribution >= 0.6 is 22.7 Å². The molecule has 4 rings (SSSR count). The van der Waals surface area contributed by atoms with Gasteiger partial charge < -0.3 is 15.0 Å². The van der Waals surface area contributed by atoms with Gasteiger partial charge in [-0.3, -0.25) is 9.59 Å². The van der Waals surface area contributed by atoms with E-state index >= 15 is 0 Å². The summed E-state index contributed by atoms with van der Waals surface area (Å²) in [6.45, 7) is 1.99. The minimum Gasteiger partial charge on any atom is -0.465 e. The number of anilines is 2. The van der Waals surface area contributed by atoms with Gasteiger partial charge in [0.05, 0.1) is 25.3 Å². The van der Waals surface area contributed by atoms with Crippen LogP contribution in [-0.4, -0.2) is 29.9 Å². The minimum atomic E-state index is -0.581. The molecule has 0 spiro atoms. The molecule has 1 fully saturated rings. The predicted octanol–water partition coefficient (Wildman–Crippen LogP) is 4.03. The molecule has 30 heavy (non-hydrogen) atoms. The van der Waals surface area contributed by atoms with Crippen LogP contribution in [0.15, 0.2) is 48.0 Å². The Morgan fingerprint density at radius 3 is 2.67 bits per heavy atom. The van der Waals surface area contributed by atoms with Gasteiger partial charge >= 0.3 is 5.97 Å². The van der Waals surface area contributed by atoms with Crippen LogP contribution in [0.3, 0.4) is 0 Å². The van der Waals surface area contributed by atoms with E-state index in [2.05, 4.69) is 15.0 Å². The Bertz CT molecular complexity index is 1080. The van der Waals surface area contributed by atoms with Crippen molar-refractivity contribution in [2.45, 2.75) is 19.4 Å². The highest BCUT2D eigenvalue weighted by Crippen LogP contribution is 2.43. The number of carbonyl (C=O) groups excluding carboxylic acids is 3. The monoisotopic (exact) mass is 441 g/mol. The van der Waals surface area contributed by atoms with Crippen LogP contribution in [0, 0.1) is 12.8 Å². The number of aryl methyl sites for hydroxylation is 1. The molecule has 9 heteroatoms. The number of methoxy groups -OCH3 is 1. The highest BCUT2D eigenvalue weighted by atomic mass is 32.1. The molecule has 154 valence electrons. The first-order valence-electron chi connectivity index (χ1n) is 9.25. The lowest BCUT2D eigenvalue weighted by atomic mass is 9.97. The molecule has 2 atom stereocenters. The Hall–Kier alpha value is -3.04. The van der Waals surface area contributed by atoms with Gasteiger partial charge in [0.25, 0.3) is 0 Å². The van der Waals surface area contributed by atoms with Gasteiger partial charge in [0.1, 0.15) is 4.88 Å². The molecule has 3 heterocycles. The highest BCUT2D eigenvalue weighted by molar-refractivity contribution is 7.17. The van der Waals surface area contributed by atoms with Gasteiger partial charge in [-0.15, -0.1) is 11.3 Å². The summed E-state index contributed by atoms with van der Waals surface area (Å²) in [5, 5.41) is 5.00. The molecule has 1 N–H and O–H groups in total. The van der Waals surface area contributed by atoms with Gasteiger partial charge in [0.2, 0.25) is 11.8 Å². The summed E-state index contributed by atoms with van der Waals surface area (Å²) in [7, 11) is 1.29. The Morgan fingerprint density at radius 1 is 1.23 bits per heavy atom. The van der Waals surface area contributed by atoms with Crippen molar-refractivity contribution < 1.29 is 19.1 Å². The first-order valence-corrected chi connectivity index (χ1v) is 10.9. The van der Waals surface area contributed by atoms with Crippen molar-refractivity contribution >= 4 is 51.3 Å². The second kappa shape index (κ2) is 8.37. The molecular weight excluding hydrogens is 422 g/mol. The normalized spacial score (nSPS) is 18.5. The number of thiophene rings is 1. The predicted molar refractivity (Wildman–Crippen MR) is 116 cm³/mol. The van der Waals surface area contributed by atoms with E-state index in [0.29, 0.717) is 10.0 Å². The summed E-state index contributed by atoms with van der Waals surface area (Å²) in [6.07, 6.45) is 1.46. The lowest BCUT2D eigenvalue weighted by Gasteiger charge is -2.27. The van der Waals surface area contributed by atoms with Crippen LogP contribution in [0.5, 0.6) is 0 Å². The largest absolute Gasteiger partial charge is 0.465 e. The van der Waals surface area contributed by atoms with Crippen molar-refractivity contribution in [1.29, 1.82) is 0 Å². The number of amides is 2. The Labute approximate surface area is 181 Å². The van der Waals surface area contributed by atoms with E-state index in [4.69, 9.17) is 0 Å². The molecule has 7 nitrogen and oxygen atoms in total. The second-order valence-electron chi connectivity index (χ2n) is 6.88. The van der Waals surface area contributed by atoms with E-state index in [1.807, 2.05) is 48.7 Å². The summed E-state index contributed by atoms with van der Waals surface area (Å²) in [5.41, 5.74) is 1.86. The number of benzene rings is 1. The molecule has 1 saturated heterocycles. The van der Waals surface area contributed by atoms with Crippen molar-refractivity contribution in [1.82, 2.24) is 4.98 Å². The Kier molecular flexibility index (Phi) is 5.65. The summed E-state index contributed by atoms with van der Waals surface area (Å²) >= 11 is 2.55. The number of hydrogen-bond donors (Lipinski definition) is 1. The molecule has 1 aromatic carbocycles. The molecule has 0 saturated carbocycles. The SMILES string of the molecule is COC(=O)c1cnc(NC(=O)[C@H]2CC(=O)N(c3ccc(C)cc3)[C@H]2c2cccs2)s1. The third-order valence-electron chi connectivity index (χ3n) is 4.93. The van der Waals surface area contributed by atoms with E-state index in [1.54, 1.807) is 4.90 Å². The van der Waals surface area contributed by atoms with Gasteiger partial charge in [0, 0.05) is 17.0 Å². The standard InChI is InChI=1S/C21H19N3O4S2/c1-12-5-7-13(8-6-12)24-17(25)10-14(18(24)15-4-3-9-29-15)19(26)23-21-22-11-16(30-21)20(27)28-2/h3-9,11,14,18H,10H2,1-2H3,(H,22,23,26)/t14-,18+/m0/s1. The fourth-order valence-electron chi connectivity index (χ4n) is 3.49. The number of esters is 1. The van der Waals surface area contributed by atoms with Crippen molar-refractivity contribution in [3.63, 3.8) is 0 Å². The van der Waals surface area contributed by atoms with Crippen LogP contribution in [0.4, 0.5) is 10.8 Å². The zero-order chi connectivity index (χ0) is 21.3. The first kappa shape index (κ1) is 20.2. The maximum absolute atomic E-state index is 13.1. The molecule has 0 bridgehead atoms. The molecule has 3 aromatic rings. The number of hydrogen-bond acceptors (Lipinski definition) is 7. The van der Waals surface area contributed by atoms with Gasteiger partial charge in [-0.2, -0.15) is 0 Å². The van der Waals surface area contributed by atoms with Crippen LogP contribution in [0.1, 0.15) is 32.6 Å². The Balaban J connectivity index is 1.62. The van der Waals surface area contributed by atoms with Crippen molar-refractivity contribution in [3.8, 4) is 0 Å². The van der Waals surface area contributed by atoms with E-state index in [9.17, 15) is 14.4 Å². The molecule has 1 aliphatic heterocycles. The zero-order valence-electron chi connectivity index (χ0n) is 16.3. The van der Waals surface area contributed by atoms with Gasteiger partial charge in [-0.1, -0.05) is 35.1 Å². The second-order valence-corrected chi connectivity index (χ2v) is 8.89. The maximum atomic E-state index is 13.1. The van der Waals surface area contributed by atoms with E-state index in [1.165, 1.54) is 24.6 Å². The fourth-order valence-corrected chi connectivity index (χ4v) is 5.11. The smallest absolute Gasteiger partial charge is 0.349 e. The summed E-state index contributed by atoms with van der Waals surface area (Å²) in [5.74, 6) is -1.50. The molecule has 0 unspecified atom stereocenters. The molecule has 2 aromatic heterocycles. The van der Waals surface area contributed by atoms with Crippen molar-refractivity contribution in [3.05, 3.63) is 63.3 Å². The van der Waals surface area contributed by atoms with Crippen LogP contribution in [0.25, 0.3) is 0 Å². The van der Waals surface area contributed by atoms with Crippen molar-refractivity contribution in [2.75, 3.05) is 17.3 Å². The number of aromatic nitrogens is 1. The zero-order valence-corrected chi connectivity index (χ0v) is 18.0. The van der Waals surface area contributed by atoms with Crippen LogP contribution in [0.2, 0.25) is 0 Å². The number of nitrogens with zero attached hydrogens (tertiary/aromatic N) is 2. The molecule has 2 amide bonds. The van der Waals surface area contributed by atoms with Crippen LogP contribution < -0.4 is 10.2 Å². The maximum Gasteiger partial charge on any atom is 0.349 e. The van der Waals surface area contributed by atoms with E-state index < -0.39 is 17.9 Å². The average Bonchev–Trinajstić information content (AvgIpc) is 3.48. The summed E-state index contributed by atoms with van der Waals surface area (Å²) < 4.78 is 4.67. The third kappa shape index (κ3) is 3.86. The topological polar surface area (TPSA) is 88.6 Å². The van der Waals surface area contributed by atoms with Gasteiger partial charge in [-0.25, -0.2) is 9.78 Å². The lowest BCUT2D eigenvalue weighted by Crippen LogP contribution is -2.31.